The summed E-state index contributed by atoms with van der Waals surface area (Å²) < 4.78 is 29.2. The molecule has 0 amide bonds. The van der Waals surface area contributed by atoms with Crippen LogP contribution in [0, 0.1) is 0 Å². The van der Waals surface area contributed by atoms with Gasteiger partial charge in [-0.1, -0.05) is 0 Å². The fourth-order valence-electron chi connectivity index (χ4n) is 0.323. The van der Waals surface area contributed by atoms with Crippen molar-refractivity contribution in [2.24, 2.45) is 0 Å². The highest BCUT2D eigenvalue weighted by Crippen LogP contribution is 1.93. The minimum atomic E-state index is -3.68. The molecule has 0 saturated carbocycles. The molecule has 0 aliphatic carbocycles. The summed E-state index contributed by atoms with van der Waals surface area (Å²) in [6, 6.07) is 0. The van der Waals surface area contributed by atoms with Gasteiger partial charge in [-0.2, -0.15) is 8.42 Å². The molecule has 72 valence electrons. The molecular formula is C4H16N2O4S. The maximum Gasteiger partial charge on any atom is 0.399 e. The molecule has 0 heterocycles. The van der Waals surface area contributed by atoms with E-state index < -0.39 is 10.4 Å². The van der Waals surface area contributed by atoms with Crippen LogP contribution in [0.2, 0.25) is 0 Å². The largest absolute Gasteiger partial charge is 0.399 e. The zero-order chi connectivity index (χ0) is 7.33. The molecule has 0 fully saturated rings. The van der Waals surface area contributed by atoms with Crippen molar-refractivity contribution in [2.75, 3.05) is 13.2 Å². The van der Waals surface area contributed by atoms with Crippen molar-refractivity contribution in [1.29, 1.82) is 0 Å². The molecule has 0 aliphatic rings. The van der Waals surface area contributed by atoms with E-state index in [9.17, 15) is 8.42 Å². The van der Waals surface area contributed by atoms with Crippen molar-refractivity contribution >= 4 is 10.4 Å². The van der Waals surface area contributed by atoms with Gasteiger partial charge in [0, 0.05) is 0 Å². The highest BCUT2D eigenvalue weighted by molar-refractivity contribution is 7.81. The van der Waals surface area contributed by atoms with Crippen LogP contribution in [0.25, 0.3) is 0 Å². The Morgan fingerprint density at radius 3 is 1.45 bits per heavy atom. The predicted molar refractivity (Wildman–Crippen MR) is 42.2 cm³/mol. The van der Waals surface area contributed by atoms with Crippen LogP contribution in [0.5, 0.6) is 0 Å². The molecule has 6 nitrogen and oxygen atoms in total. The fourth-order valence-corrected chi connectivity index (χ4v) is 0.968. The lowest BCUT2D eigenvalue weighted by atomic mass is 10.9. The first-order valence-corrected chi connectivity index (χ1v) is 3.99. The van der Waals surface area contributed by atoms with Crippen LogP contribution in [0.3, 0.4) is 0 Å². The SMILES string of the molecule is CCOS(=O)(=O)OCC.N.N. The molecule has 0 aliphatic heterocycles. The summed E-state index contributed by atoms with van der Waals surface area (Å²) in [6.45, 7) is 3.39. The van der Waals surface area contributed by atoms with Crippen molar-refractivity contribution in [2.45, 2.75) is 13.8 Å². The lowest BCUT2D eigenvalue weighted by Crippen LogP contribution is -2.09. The number of rotatable bonds is 4. The van der Waals surface area contributed by atoms with Gasteiger partial charge in [-0.05, 0) is 13.8 Å². The highest BCUT2D eigenvalue weighted by Gasteiger charge is 2.06. The fraction of sp³-hybridized carbons (Fsp3) is 1.00. The first kappa shape index (κ1) is 17.0. The maximum atomic E-state index is 10.4. The van der Waals surface area contributed by atoms with Crippen LogP contribution in [0.1, 0.15) is 13.8 Å². The smallest absolute Gasteiger partial charge is 0.344 e. The Hall–Kier alpha value is -0.210. The van der Waals surface area contributed by atoms with Gasteiger partial charge in [-0.3, -0.25) is 0 Å². The third kappa shape index (κ3) is 9.79. The first-order valence-electron chi connectivity index (χ1n) is 2.66. The molecule has 0 bridgehead atoms. The zero-order valence-electron chi connectivity index (χ0n) is 6.87. The summed E-state index contributed by atoms with van der Waals surface area (Å²) in [4.78, 5) is 0. The molecule has 0 aromatic heterocycles. The van der Waals surface area contributed by atoms with Crippen molar-refractivity contribution < 1.29 is 16.8 Å². The zero-order valence-corrected chi connectivity index (χ0v) is 7.69. The van der Waals surface area contributed by atoms with E-state index in [1.54, 1.807) is 13.8 Å². The predicted octanol–water partition coefficient (Wildman–Crippen LogP) is 0.628. The number of hydrogen-bond acceptors (Lipinski definition) is 6. The summed E-state index contributed by atoms with van der Waals surface area (Å²) in [5.74, 6) is 0. The molecule has 0 aromatic carbocycles. The van der Waals surface area contributed by atoms with Crippen LogP contribution in [-0.2, 0) is 18.8 Å². The molecule has 11 heavy (non-hydrogen) atoms. The second kappa shape index (κ2) is 7.89. The lowest BCUT2D eigenvalue weighted by Gasteiger charge is -1.99. The van der Waals surface area contributed by atoms with Crippen molar-refractivity contribution in [3.63, 3.8) is 0 Å². The molecule has 0 aromatic rings. The second-order valence-corrected chi connectivity index (χ2v) is 2.51. The van der Waals surface area contributed by atoms with Gasteiger partial charge in [-0.25, -0.2) is 8.37 Å². The van der Waals surface area contributed by atoms with Crippen LogP contribution in [-0.4, -0.2) is 21.6 Å². The van der Waals surface area contributed by atoms with Crippen molar-refractivity contribution in [3.8, 4) is 0 Å². The van der Waals surface area contributed by atoms with Crippen LogP contribution in [0.4, 0.5) is 0 Å². The minimum Gasteiger partial charge on any atom is -0.344 e. The summed E-state index contributed by atoms with van der Waals surface area (Å²) >= 11 is 0. The average molecular weight is 188 g/mol. The molecule has 7 heteroatoms. The summed E-state index contributed by atoms with van der Waals surface area (Å²) in [5.41, 5.74) is 0. The molecule has 0 unspecified atom stereocenters. The van der Waals surface area contributed by atoms with Crippen LogP contribution < -0.4 is 12.3 Å². The Balaban J connectivity index is -0.000000320. The highest BCUT2D eigenvalue weighted by atomic mass is 32.3. The van der Waals surface area contributed by atoms with E-state index in [-0.39, 0.29) is 25.5 Å². The van der Waals surface area contributed by atoms with E-state index in [1.807, 2.05) is 0 Å². The minimum absolute atomic E-state index is 0. The summed E-state index contributed by atoms with van der Waals surface area (Å²) in [7, 11) is -3.68. The molecule has 0 saturated heterocycles. The van der Waals surface area contributed by atoms with Gasteiger partial charge in [-0.15, -0.1) is 0 Å². The quantitative estimate of drug-likeness (QED) is 0.666. The van der Waals surface area contributed by atoms with E-state index in [1.165, 1.54) is 0 Å². The van der Waals surface area contributed by atoms with Gasteiger partial charge in [0.05, 0.1) is 13.2 Å². The van der Waals surface area contributed by atoms with Gasteiger partial charge in [0.2, 0.25) is 0 Å². The molecule has 6 N–H and O–H groups in total. The third-order valence-electron chi connectivity index (χ3n) is 0.524. The summed E-state index contributed by atoms with van der Waals surface area (Å²) in [5, 5.41) is 0. The van der Waals surface area contributed by atoms with Crippen molar-refractivity contribution in [1.82, 2.24) is 12.3 Å². The lowest BCUT2D eigenvalue weighted by molar-refractivity contribution is 0.231. The monoisotopic (exact) mass is 188 g/mol. The Bertz CT molecular complexity index is 143. The Morgan fingerprint density at radius 1 is 1.00 bits per heavy atom. The maximum absolute atomic E-state index is 10.4. The van der Waals surface area contributed by atoms with Gasteiger partial charge in [0.25, 0.3) is 0 Å². The van der Waals surface area contributed by atoms with E-state index in [0.29, 0.717) is 0 Å². The standard InChI is InChI=1S/C4H10O4S.2H3N/c1-3-7-9(5,6)8-4-2;;/h3-4H2,1-2H3;2*1H3. The molecule has 0 rings (SSSR count). The second-order valence-electron chi connectivity index (χ2n) is 1.22. The number of hydrogen-bond donors (Lipinski definition) is 2. The third-order valence-corrected chi connectivity index (χ3v) is 1.57. The van der Waals surface area contributed by atoms with Gasteiger partial charge < -0.3 is 12.3 Å². The molecule has 0 radical (unpaired) electrons. The molecule has 0 atom stereocenters. The normalized spacial score (nSPS) is 9.64. The van der Waals surface area contributed by atoms with Crippen LogP contribution in [0.15, 0.2) is 0 Å². The Kier molecular flexibility index (Phi) is 12.2. The van der Waals surface area contributed by atoms with E-state index in [4.69, 9.17) is 0 Å². The van der Waals surface area contributed by atoms with Gasteiger partial charge >= 0.3 is 10.4 Å². The Morgan fingerprint density at radius 2 is 1.27 bits per heavy atom. The molecule has 0 spiro atoms. The van der Waals surface area contributed by atoms with Crippen molar-refractivity contribution in [3.05, 3.63) is 0 Å². The summed E-state index contributed by atoms with van der Waals surface area (Å²) in [6.07, 6.45) is 0. The molecular weight excluding hydrogens is 172 g/mol. The van der Waals surface area contributed by atoms with E-state index in [2.05, 4.69) is 8.37 Å². The van der Waals surface area contributed by atoms with Crippen LogP contribution >= 0.6 is 0 Å². The topological polar surface area (TPSA) is 123 Å². The average Bonchev–Trinajstić information content (AvgIpc) is 1.64. The first-order chi connectivity index (χ1) is 4.12. The Labute approximate surface area is 67.4 Å². The van der Waals surface area contributed by atoms with Gasteiger partial charge in [0.15, 0.2) is 0 Å². The van der Waals surface area contributed by atoms with E-state index in [0.717, 1.165) is 0 Å². The van der Waals surface area contributed by atoms with Gasteiger partial charge in [0.1, 0.15) is 0 Å². The van der Waals surface area contributed by atoms with E-state index >= 15 is 0 Å².